The standard InChI is InChI=1S/C15H18N2O3/c1-9-3-4-13-10(5-9)6-14(20-13)15(19)17(2)11-7-16-8-12(11)18/h3-6,11-12,16,18H,7-8H2,1-2H3/t11-,12-/m1/s1. The monoisotopic (exact) mass is 274 g/mol. The number of β-amino-alcohol motifs (C(OH)–C–C–N with tert-alkyl or cyclic N) is 1. The molecule has 1 aliphatic heterocycles. The van der Waals surface area contributed by atoms with Crippen LogP contribution in [0, 0.1) is 6.92 Å². The molecular formula is C15H18N2O3. The molecule has 1 aromatic heterocycles. The summed E-state index contributed by atoms with van der Waals surface area (Å²) in [5, 5.41) is 13.8. The first kappa shape index (κ1) is 13.1. The van der Waals surface area contributed by atoms with Gasteiger partial charge in [0.15, 0.2) is 5.76 Å². The van der Waals surface area contributed by atoms with Gasteiger partial charge in [-0.3, -0.25) is 4.79 Å². The summed E-state index contributed by atoms with van der Waals surface area (Å²) < 4.78 is 5.61. The molecule has 0 bridgehead atoms. The molecule has 0 saturated carbocycles. The molecule has 20 heavy (non-hydrogen) atoms. The van der Waals surface area contributed by atoms with Gasteiger partial charge in [0.05, 0.1) is 12.1 Å². The van der Waals surface area contributed by atoms with E-state index in [2.05, 4.69) is 5.32 Å². The second kappa shape index (κ2) is 4.92. The zero-order chi connectivity index (χ0) is 14.3. The second-order valence-electron chi connectivity index (χ2n) is 5.36. The molecule has 5 nitrogen and oxygen atoms in total. The molecule has 1 aromatic carbocycles. The third kappa shape index (κ3) is 2.19. The van der Waals surface area contributed by atoms with Crippen molar-refractivity contribution >= 4 is 16.9 Å². The number of furan rings is 1. The van der Waals surface area contributed by atoms with Gasteiger partial charge in [-0.15, -0.1) is 0 Å². The van der Waals surface area contributed by atoms with Crippen molar-refractivity contribution < 1.29 is 14.3 Å². The van der Waals surface area contributed by atoms with Gasteiger partial charge in [0.25, 0.3) is 5.91 Å². The number of nitrogens with one attached hydrogen (secondary N) is 1. The van der Waals surface area contributed by atoms with E-state index in [9.17, 15) is 9.90 Å². The molecule has 1 aliphatic rings. The Kier molecular flexibility index (Phi) is 3.23. The number of carbonyl (C=O) groups excluding carboxylic acids is 1. The zero-order valence-electron chi connectivity index (χ0n) is 11.6. The molecular weight excluding hydrogens is 256 g/mol. The highest BCUT2D eigenvalue weighted by atomic mass is 16.3. The predicted molar refractivity (Wildman–Crippen MR) is 75.7 cm³/mol. The van der Waals surface area contributed by atoms with Crippen LogP contribution in [0.4, 0.5) is 0 Å². The molecule has 0 aliphatic carbocycles. The smallest absolute Gasteiger partial charge is 0.289 e. The topological polar surface area (TPSA) is 65.7 Å². The van der Waals surface area contributed by atoms with Crippen molar-refractivity contribution in [2.24, 2.45) is 0 Å². The molecule has 2 atom stereocenters. The number of aryl methyl sites for hydroxylation is 1. The van der Waals surface area contributed by atoms with Crippen LogP contribution in [0.25, 0.3) is 11.0 Å². The zero-order valence-corrected chi connectivity index (χ0v) is 11.6. The maximum Gasteiger partial charge on any atom is 0.289 e. The highest BCUT2D eigenvalue weighted by molar-refractivity contribution is 5.96. The Balaban J connectivity index is 1.88. The van der Waals surface area contributed by atoms with Gasteiger partial charge in [0, 0.05) is 25.5 Å². The van der Waals surface area contributed by atoms with Gasteiger partial charge in [-0.05, 0) is 25.1 Å². The molecule has 3 rings (SSSR count). The Morgan fingerprint density at radius 1 is 1.40 bits per heavy atom. The Bertz CT molecular complexity index is 650. The van der Waals surface area contributed by atoms with Crippen LogP contribution < -0.4 is 5.32 Å². The number of benzene rings is 1. The second-order valence-corrected chi connectivity index (χ2v) is 5.36. The van der Waals surface area contributed by atoms with Gasteiger partial charge in [-0.2, -0.15) is 0 Å². The summed E-state index contributed by atoms with van der Waals surface area (Å²) >= 11 is 0. The summed E-state index contributed by atoms with van der Waals surface area (Å²) in [6, 6.07) is 7.36. The minimum Gasteiger partial charge on any atom is -0.451 e. The number of nitrogens with zero attached hydrogens (tertiary/aromatic N) is 1. The molecule has 5 heteroatoms. The third-order valence-electron chi connectivity index (χ3n) is 3.85. The van der Waals surface area contributed by atoms with E-state index >= 15 is 0 Å². The van der Waals surface area contributed by atoms with Crippen LogP contribution in [-0.2, 0) is 0 Å². The van der Waals surface area contributed by atoms with E-state index in [1.807, 2.05) is 25.1 Å². The quantitative estimate of drug-likeness (QED) is 0.862. The number of carbonyl (C=O) groups is 1. The summed E-state index contributed by atoms with van der Waals surface area (Å²) in [4.78, 5) is 14.0. The van der Waals surface area contributed by atoms with Gasteiger partial charge >= 0.3 is 0 Å². The van der Waals surface area contributed by atoms with Crippen molar-refractivity contribution in [3.8, 4) is 0 Å². The van der Waals surface area contributed by atoms with Crippen molar-refractivity contribution in [1.82, 2.24) is 10.2 Å². The van der Waals surface area contributed by atoms with E-state index < -0.39 is 6.10 Å². The largest absolute Gasteiger partial charge is 0.451 e. The highest BCUT2D eigenvalue weighted by Crippen LogP contribution is 2.22. The molecule has 0 spiro atoms. The average molecular weight is 274 g/mol. The van der Waals surface area contributed by atoms with Crippen molar-refractivity contribution in [2.75, 3.05) is 20.1 Å². The number of amides is 1. The van der Waals surface area contributed by atoms with Gasteiger partial charge < -0.3 is 19.7 Å². The number of hydrogen-bond acceptors (Lipinski definition) is 4. The van der Waals surface area contributed by atoms with E-state index in [1.165, 1.54) is 0 Å². The van der Waals surface area contributed by atoms with E-state index in [-0.39, 0.29) is 11.9 Å². The van der Waals surface area contributed by atoms with Gasteiger partial charge in [-0.25, -0.2) is 0 Å². The van der Waals surface area contributed by atoms with Crippen molar-refractivity contribution in [2.45, 2.75) is 19.1 Å². The first-order valence-corrected chi connectivity index (χ1v) is 6.72. The van der Waals surface area contributed by atoms with Crippen LogP contribution in [-0.4, -0.2) is 48.2 Å². The number of aliphatic hydroxyl groups is 1. The van der Waals surface area contributed by atoms with Crippen LogP contribution in [0.5, 0.6) is 0 Å². The molecule has 1 saturated heterocycles. The molecule has 2 N–H and O–H groups in total. The summed E-state index contributed by atoms with van der Waals surface area (Å²) in [7, 11) is 1.70. The molecule has 1 amide bonds. The highest BCUT2D eigenvalue weighted by Gasteiger charge is 2.32. The molecule has 0 radical (unpaired) electrons. The van der Waals surface area contributed by atoms with Crippen LogP contribution >= 0.6 is 0 Å². The molecule has 0 unspecified atom stereocenters. The normalized spacial score (nSPS) is 22.4. The van der Waals surface area contributed by atoms with Crippen molar-refractivity contribution in [1.29, 1.82) is 0 Å². The molecule has 1 fully saturated rings. The van der Waals surface area contributed by atoms with Crippen molar-refractivity contribution in [3.05, 3.63) is 35.6 Å². The summed E-state index contributed by atoms with van der Waals surface area (Å²) in [6.45, 7) is 3.12. The maximum absolute atomic E-state index is 12.4. The number of likely N-dealkylation sites (N-methyl/N-ethyl adjacent to an activating group) is 1. The first-order valence-electron chi connectivity index (χ1n) is 6.72. The first-order chi connectivity index (χ1) is 9.56. The van der Waals surface area contributed by atoms with Gasteiger partial charge in [0.2, 0.25) is 0 Å². The van der Waals surface area contributed by atoms with Crippen LogP contribution in [0.1, 0.15) is 16.1 Å². The lowest BCUT2D eigenvalue weighted by molar-refractivity contribution is 0.0555. The van der Waals surface area contributed by atoms with E-state index in [1.54, 1.807) is 18.0 Å². The van der Waals surface area contributed by atoms with Crippen LogP contribution in [0.15, 0.2) is 28.7 Å². The van der Waals surface area contributed by atoms with Crippen LogP contribution in [0.2, 0.25) is 0 Å². The summed E-state index contributed by atoms with van der Waals surface area (Å²) in [6.07, 6.45) is -0.532. The Morgan fingerprint density at radius 3 is 2.90 bits per heavy atom. The molecule has 2 heterocycles. The molecule has 2 aromatic rings. The Morgan fingerprint density at radius 2 is 2.20 bits per heavy atom. The van der Waals surface area contributed by atoms with E-state index in [0.717, 1.165) is 10.9 Å². The third-order valence-corrected chi connectivity index (χ3v) is 3.85. The van der Waals surface area contributed by atoms with E-state index in [4.69, 9.17) is 4.42 Å². The predicted octanol–water partition coefficient (Wildman–Crippen LogP) is 1.15. The number of hydrogen-bond donors (Lipinski definition) is 2. The fraction of sp³-hybridized carbons (Fsp3) is 0.400. The molecule has 106 valence electrons. The fourth-order valence-electron chi connectivity index (χ4n) is 2.64. The number of aliphatic hydroxyl groups excluding tert-OH is 1. The summed E-state index contributed by atoms with van der Waals surface area (Å²) in [5.74, 6) is 0.110. The lowest BCUT2D eigenvalue weighted by atomic mass is 10.1. The number of fused-ring (bicyclic) bond motifs is 1. The van der Waals surface area contributed by atoms with Crippen LogP contribution in [0.3, 0.4) is 0 Å². The minimum absolute atomic E-state index is 0.202. The SMILES string of the molecule is Cc1ccc2oc(C(=O)N(C)[C@@H]3CNC[C@H]3O)cc2c1. The average Bonchev–Trinajstić information content (AvgIpc) is 3.02. The fourth-order valence-corrected chi connectivity index (χ4v) is 2.64. The lowest BCUT2D eigenvalue weighted by Crippen LogP contribution is -2.44. The van der Waals surface area contributed by atoms with Crippen molar-refractivity contribution in [3.63, 3.8) is 0 Å². The lowest BCUT2D eigenvalue weighted by Gasteiger charge is -2.25. The van der Waals surface area contributed by atoms with Gasteiger partial charge in [-0.1, -0.05) is 11.6 Å². The Labute approximate surface area is 117 Å². The number of rotatable bonds is 2. The summed E-state index contributed by atoms with van der Waals surface area (Å²) in [5.41, 5.74) is 1.83. The maximum atomic E-state index is 12.4. The van der Waals surface area contributed by atoms with E-state index in [0.29, 0.717) is 24.4 Å². The van der Waals surface area contributed by atoms with Gasteiger partial charge in [0.1, 0.15) is 5.58 Å². The Hall–Kier alpha value is -1.85. The minimum atomic E-state index is -0.532.